The van der Waals surface area contributed by atoms with Crippen LogP contribution in [0.3, 0.4) is 0 Å². The zero-order valence-electron chi connectivity index (χ0n) is 16.3. The van der Waals surface area contributed by atoms with E-state index >= 15 is 0 Å². The molecule has 0 saturated heterocycles. The van der Waals surface area contributed by atoms with Gasteiger partial charge in [-0.05, 0) is 38.2 Å². The van der Waals surface area contributed by atoms with Crippen molar-refractivity contribution in [1.29, 1.82) is 0 Å². The molecule has 1 aromatic carbocycles. The van der Waals surface area contributed by atoms with E-state index in [-0.39, 0.29) is 5.56 Å². The standard InChI is InChI=1S/C21H18N6OS2/c1-12-6-8-13(9-7-12)18-25-27-16(23-24-21(27)30-18)10-26-11-22-19-17(20(26)28)14-4-2-3-5-15(14)29-19/h6-9,11H,2-5,10H2,1H3. The third-order valence-corrected chi connectivity index (χ3v) is 7.76. The second kappa shape index (κ2) is 6.82. The second-order valence-electron chi connectivity index (χ2n) is 7.65. The van der Waals surface area contributed by atoms with Crippen LogP contribution in [0, 0.1) is 6.92 Å². The van der Waals surface area contributed by atoms with Gasteiger partial charge in [0.15, 0.2) is 5.82 Å². The number of hydrogen-bond acceptors (Lipinski definition) is 7. The molecule has 0 spiro atoms. The van der Waals surface area contributed by atoms with Crippen LogP contribution in [0.2, 0.25) is 0 Å². The van der Waals surface area contributed by atoms with Crippen molar-refractivity contribution in [3.63, 3.8) is 0 Å². The molecule has 7 nitrogen and oxygen atoms in total. The molecule has 9 heteroatoms. The largest absolute Gasteiger partial charge is 0.291 e. The topological polar surface area (TPSA) is 78.0 Å². The number of thiophene rings is 1. The fourth-order valence-corrected chi connectivity index (χ4v) is 6.10. The van der Waals surface area contributed by atoms with Crippen molar-refractivity contribution in [2.45, 2.75) is 39.2 Å². The lowest BCUT2D eigenvalue weighted by atomic mass is 9.97. The third kappa shape index (κ3) is 2.80. The number of aromatic nitrogens is 6. The lowest BCUT2D eigenvalue weighted by Gasteiger charge is -2.10. The highest BCUT2D eigenvalue weighted by atomic mass is 32.1. The Labute approximate surface area is 179 Å². The number of nitrogens with zero attached hydrogens (tertiary/aromatic N) is 6. The summed E-state index contributed by atoms with van der Waals surface area (Å²) in [6.45, 7) is 2.36. The van der Waals surface area contributed by atoms with Crippen molar-refractivity contribution in [3.8, 4) is 10.6 Å². The molecule has 4 aromatic heterocycles. The van der Waals surface area contributed by atoms with Crippen molar-refractivity contribution in [2.24, 2.45) is 0 Å². The summed E-state index contributed by atoms with van der Waals surface area (Å²) in [5, 5.41) is 14.9. The van der Waals surface area contributed by atoms with E-state index in [0.717, 1.165) is 45.0 Å². The highest BCUT2D eigenvalue weighted by Crippen LogP contribution is 2.33. The first-order chi connectivity index (χ1) is 14.7. The Hall–Kier alpha value is -2.91. The van der Waals surface area contributed by atoms with Crippen LogP contribution in [-0.4, -0.2) is 29.4 Å². The average molecular weight is 435 g/mol. The Kier molecular flexibility index (Phi) is 4.07. The van der Waals surface area contributed by atoms with Crippen LogP contribution in [0.5, 0.6) is 0 Å². The molecule has 0 amide bonds. The molecule has 5 aromatic rings. The van der Waals surface area contributed by atoms with Gasteiger partial charge >= 0.3 is 0 Å². The Morgan fingerprint density at radius 1 is 1.07 bits per heavy atom. The van der Waals surface area contributed by atoms with Gasteiger partial charge in [0.2, 0.25) is 4.96 Å². The summed E-state index contributed by atoms with van der Waals surface area (Å²) in [6, 6.07) is 8.26. The summed E-state index contributed by atoms with van der Waals surface area (Å²) in [4.78, 5) is 20.7. The summed E-state index contributed by atoms with van der Waals surface area (Å²) in [7, 11) is 0. The van der Waals surface area contributed by atoms with Crippen LogP contribution in [0.4, 0.5) is 0 Å². The zero-order chi connectivity index (χ0) is 20.2. The van der Waals surface area contributed by atoms with Gasteiger partial charge in [-0.1, -0.05) is 41.2 Å². The first kappa shape index (κ1) is 17.9. The molecule has 0 bridgehead atoms. The van der Waals surface area contributed by atoms with Gasteiger partial charge in [-0.2, -0.15) is 9.61 Å². The van der Waals surface area contributed by atoms with E-state index in [4.69, 9.17) is 5.10 Å². The first-order valence-electron chi connectivity index (χ1n) is 9.95. The zero-order valence-corrected chi connectivity index (χ0v) is 18.0. The molecule has 0 fully saturated rings. The highest BCUT2D eigenvalue weighted by Gasteiger charge is 2.21. The summed E-state index contributed by atoms with van der Waals surface area (Å²) < 4.78 is 3.37. The summed E-state index contributed by atoms with van der Waals surface area (Å²) in [5.74, 6) is 0.631. The van der Waals surface area contributed by atoms with Crippen molar-refractivity contribution in [2.75, 3.05) is 0 Å². The van der Waals surface area contributed by atoms with Crippen molar-refractivity contribution in [1.82, 2.24) is 29.4 Å². The van der Waals surface area contributed by atoms with Gasteiger partial charge in [-0.3, -0.25) is 9.36 Å². The summed E-state index contributed by atoms with van der Waals surface area (Å²) in [6.07, 6.45) is 5.98. The number of benzene rings is 1. The number of rotatable bonds is 3. The molecule has 0 atom stereocenters. The first-order valence-corrected chi connectivity index (χ1v) is 11.6. The van der Waals surface area contributed by atoms with Crippen LogP contribution < -0.4 is 5.56 Å². The van der Waals surface area contributed by atoms with Crippen molar-refractivity contribution >= 4 is 37.9 Å². The van der Waals surface area contributed by atoms with Crippen LogP contribution in [-0.2, 0) is 19.4 Å². The normalized spacial score (nSPS) is 13.9. The Morgan fingerprint density at radius 2 is 1.90 bits per heavy atom. The molecule has 150 valence electrons. The molecule has 0 N–H and O–H groups in total. The molecular weight excluding hydrogens is 416 g/mol. The van der Waals surface area contributed by atoms with Gasteiger partial charge < -0.3 is 0 Å². The van der Waals surface area contributed by atoms with E-state index in [9.17, 15) is 4.79 Å². The predicted molar refractivity (Wildman–Crippen MR) is 118 cm³/mol. The van der Waals surface area contributed by atoms with E-state index in [1.165, 1.54) is 33.8 Å². The maximum absolute atomic E-state index is 13.2. The average Bonchev–Trinajstić information content (AvgIpc) is 3.44. The Morgan fingerprint density at radius 3 is 2.77 bits per heavy atom. The van der Waals surface area contributed by atoms with Crippen LogP contribution in [0.1, 0.15) is 34.7 Å². The molecule has 1 aliphatic carbocycles. The lowest BCUT2D eigenvalue weighted by Crippen LogP contribution is -2.22. The maximum atomic E-state index is 13.2. The van der Waals surface area contributed by atoms with E-state index in [2.05, 4.69) is 46.4 Å². The highest BCUT2D eigenvalue weighted by molar-refractivity contribution is 7.19. The van der Waals surface area contributed by atoms with Gasteiger partial charge in [0, 0.05) is 10.4 Å². The monoisotopic (exact) mass is 434 g/mol. The molecule has 6 rings (SSSR count). The van der Waals surface area contributed by atoms with Gasteiger partial charge in [-0.15, -0.1) is 21.5 Å². The minimum Gasteiger partial charge on any atom is -0.291 e. The van der Waals surface area contributed by atoms with E-state index in [1.807, 2.05) is 0 Å². The van der Waals surface area contributed by atoms with Gasteiger partial charge in [0.05, 0.1) is 18.3 Å². The Balaban J connectivity index is 1.40. The minimum atomic E-state index is 0.00476. The molecule has 4 heterocycles. The van der Waals surface area contributed by atoms with Crippen molar-refractivity contribution in [3.05, 3.63) is 62.8 Å². The minimum absolute atomic E-state index is 0.00476. The van der Waals surface area contributed by atoms with Gasteiger partial charge in [0.25, 0.3) is 5.56 Å². The Bertz CT molecular complexity index is 1460. The summed E-state index contributed by atoms with van der Waals surface area (Å²) >= 11 is 3.16. The fraction of sp³-hybridized carbons (Fsp3) is 0.286. The predicted octanol–water partition coefficient (Wildman–Crippen LogP) is 3.86. The van der Waals surface area contributed by atoms with Gasteiger partial charge in [0.1, 0.15) is 9.84 Å². The van der Waals surface area contributed by atoms with Crippen LogP contribution >= 0.6 is 22.7 Å². The third-order valence-electron chi connectivity index (χ3n) is 5.61. The number of hydrogen-bond donors (Lipinski definition) is 0. The molecule has 30 heavy (non-hydrogen) atoms. The molecule has 0 unspecified atom stereocenters. The number of fused-ring (bicyclic) bond motifs is 4. The lowest BCUT2D eigenvalue weighted by molar-refractivity contribution is 0.678. The molecule has 0 radical (unpaired) electrons. The molecule has 0 aliphatic heterocycles. The van der Waals surface area contributed by atoms with Crippen LogP contribution in [0.15, 0.2) is 35.4 Å². The van der Waals surface area contributed by atoms with E-state index in [1.54, 1.807) is 26.7 Å². The number of aryl methyl sites for hydroxylation is 3. The van der Waals surface area contributed by atoms with E-state index in [0.29, 0.717) is 12.4 Å². The molecular formula is C21H18N6OS2. The fourth-order valence-electron chi connectivity index (χ4n) is 4.01. The van der Waals surface area contributed by atoms with Crippen molar-refractivity contribution < 1.29 is 0 Å². The van der Waals surface area contributed by atoms with E-state index < -0.39 is 0 Å². The molecule has 1 aliphatic rings. The summed E-state index contributed by atoms with van der Waals surface area (Å²) in [5.41, 5.74) is 3.47. The maximum Gasteiger partial charge on any atom is 0.262 e. The van der Waals surface area contributed by atoms with Crippen LogP contribution in [0.25, 0.3) is 25.7 Å². The second-order valence-corrected chi connectivity index (χ2v) is 9.69. The molecule has 0 saturated carbocycles. The SMILES string of the molecule is Cc1ccc(-c2nn3c(Cn4cnc5sc6c(c5c4=O)CCCC6)nnc3s2)cc1. The van der Waals surface area contributed by atoms with Gasteiger partial charge in [-0.25, -0.2) is 4.98 Å². The quantitative estimate of drug-likeness (QED) is 0.431. The smallest absolute Gasteiger partial charge is 0.262 e.